The smallest absolute Gasteiger partial charge is 0.229 e. The van der Waals surface area contributed by atoms with Crippen molar-refractivity contribution in [3.05, 3.63) is 77.4 Å². The molecule has 3 aromatic rings. The second kappa shape index (κ2) is 9.21. The highest BCUT2D eigenvalue weighted by molar-refractivity contribution is 5.91. The highest BCUT2D eigenvalue weighted by Gasteiger charge is 2.44. The first-order valence-electron chi connectivity index (χ1n) is 12.1. The Morgan fingerprint density at radius 2 is 1.61 bits per heavy atom. The Morgan fingerprint density at radius 3 is 2.24 bits per heavy atom. The van der Waals surface area contributed by atoms with Crippen LogP contribution < -0.4 is 4.74 Å². The van der Waals surface area contributed by atoms with Crippen LogP contribution in [-0.2, 0) is 4.79 Å². The zero-order valence-electron chi connectivity index (χ0n) is 20.9. The van der Waals surface area contributed by atoms with Crippen LogP contribution in [0.25, 0.3) is 10.8 Å². The number of fused-ring (bicyclic) bond motifs is 1. The molecule has 3 heteroatoms. The van der Waals surface area contributed by atoms with Gasteiger partial charge >= 0.3 is 0 Å². The summed E-state index contributed by atoms with van der Waals surface area (Å²) in [6.45, 7) is 12.5. The molecule has 1 amide bonds. The van der Waals surface area contributed by atoms with Gasteiger partial charge in [-0.05, 0) is 47.6 Å². The molecule has 0 aromatic heterocycles. The van der Waals surface area contributed by atoms with E-state index < -0.39 is 5.41 Å². The molecule has 1 heterocycles. The first-order valence-corrected chi connectivity index (χ1v) is 12.1. The lowest BCUT2D eigenvalue weighted by atomic mass is 9.68. The topological polar surface area (TPSA) is 29.5 Å². The number of ether oxygens (including phenoxy) is 1. The highest BCUT2D eigenvalue weighted by Crippen LogP contribution is 2.48. The van der Waals surface area contributed by atoms with Crippen molar-refractivity contribution < 1.29 is 9.53 Å². The van der Waals surface area contributed by atoms with Crippen molar-refractivity contribution in [2.24, 2.45) is 17.3 Å². The summed E-state index contributed by atoms with van der Waals surface area (Å²) in [4.78, 5) is 16.3. The van der Waals surface area contributed by atoms with Gasteiger partial charge in [-0.3, -0.25) is 4.79 Å². The molecule has 1 aliphatic heterocycles. The van der Waals surface area contributed by atoms with E-state index in [2.05, 4.69) is 94.1 Å². The third-order valence-corrected chi connectivity index (χ3v) is 7.28. The third-order valence-electron chi connectivity index (χ3n) is 7.28. The summed E-state index contributed by atoms with van der Waals surface area (Å²) in [5.74, 6) is 1.97. The average molecular weight is 444 g/mol. The van der Waals surface area contributed by atoms with Gasteiger partial charge in [0.2, 0.25) is 5.91 Å². The summed E-state index contributed by atoms with van der Waals surface area (Å²) >= 11 is 0. The van der Waals surface area contributed by atoms with Crippen molar-refractivity contribution in [1.29, 1.82) is 0 Å². The number of aryl methyl sites for hydroxylation is 1. The fourth-order valence-corrected chi connectivity index (χ4v) is 5.81. The van der Waals surface area contributed by atoms with Crippen LogP contribution in [0.1, 0.15) is 56.7 Å². The van der Waals surface area contributed by atoms with Crippen molar-refractivity contribution in [3.8, 4) is 5.75 Å². The van der Waals surface area contributed by atoms with Crippen LogP contribution in [-0.4, -0.2) is 31.0 Å². The van der Waals surface area contributed by atoms with Gasteiger partial charge in [0.25, 0.3) is 0 Å². The van der Waals surface area contributed by atoms with Crippen LogP contribution in [0.4, 0.5) is 0 Å². The zero-order valence-corrected chi connectivity index (χ0v) is 20.9. The van der Waals surface area contributed by atoms with E-state index in [-0.39, 0.29) is 11.8 Å². The van der Waals surface area contributed by atoms with Crippen LogP contribution >= 0.6 is 0 Å². The van der Waals surface area contributed by atoms with Crippen molar-refractivity contribution in [3.63, 3.8) is 0 Å². The molecule has 3 nitrogen and oxygen atoms in total. The minimum absolute atomic E-state index is 0.140. The third kappa shape index (κ3) is 4.51. The van der Waals surface area contributed by atoms with Gasteiger partial charge in [0.05, 0.1) is 12.5 Å². The molecule has 1 fully saturated rings. The number of benzene rings is 3. The van der Waals surface area contributed by atoms with E-state index in [1.165, 1.54) is 12.0 Å². The molecule has 1 aliphatic rings. The van der Waals surface area contributed by atoms with Crippen LogP contribution in [0.2, 0.25) is 0 Å². The second-order valence-corrected chi connectivity index (χ2v) is 10.6. The Kier molecular flexibility index (Phi) is 6.52. The van der Waals surface area contributed by atoms with Crippen molar-refractivity contribution >= 4 is 16.7 Å². The van der Waals surface area contributed by atoms with Crippen molar-refractivity contribution in [1.82, 2.24) is 4.90 Å². The van der Waals surface area contributed by atoms with Gasteiger partial charge in [0.1, 0.15) is 5.75 Å². The van der Waals surface area contributed by atoms with Crippen molar-refractivity contribution in [2.75, 3.05) is 20.2 Å². The van der Waals surface area contributed by atoms with Gasteiger partial charge in [-0.2, -0.15) is 0 Å². The zero-order chi connectivity index (χ0) is 23.8. The fraction of sp³-hybridized carbons (Fsp3) is 0.433. The molecular weight excluding hydrogens is 406 g/mol. The summed E-state index contributed by atoms with van der Waals surface area (Å²) in [6, 6.07) is 21.2. The number of hydrogen-bond acceptors (Lipinski definition) is 2. The highest BCUT2D eigenvalue weighted by atomic mass is 16.5. The summed E-state index contributed by atoms with van der Waals surface area (Å²) in [5.41, 5.74) is 2.80. The minimum Gasteiger partial charge on any atom is -0.496 e. The number of likely N-dealkylation sites (tertiary alicyclic amines) is 1. The maximum atomic E-state index is 14.2. The molecule has 0 radical (unpaired) electrons. The van der Waals surface area contributed by atoms with E-state index in [4.69, 9.17) is 4.74 Å². The van der Waals surface area contributed by atoms with Crippen LogP contribution in [0.3, 0.4) is 0 Å². The number of hydrogen-bond donors (Lipinski definition) is 0. The summed E-state index contributed by atoms with van der Waals surface area (Å²) < 4.78 is 5.91. The normalized spacial score (nSPS) is 20.0. The standard InChI is InChI=1S/C30H37NO2/c1-20-11-13-24(14-12-20)28(27-25-10-8-7-9-23(25)15-16-26(27)33-6)30(4,5)29(32)31-18-21(2)17-22(3)19-31/h7-16,21-22,28H,17-19H2,1-6H3. The van der Waals surface area contributed by atoms with E-state index in [0.29, 0.717) is 11.8 Å². The number of piperidine rings is 1. The number of carbonyl (C=O) groups is 1. The van der Waals surface area contributed by atoms with E-state index >= 15 is 0 Å². The van der Waals surface area contributed by atoms with Crippen LogP contribution in [0.5, 0.6) is 5.75 Å². The molecule has 3 aromatic carbocycles. The Morgan fingerprint density at radius 1 is 0.970 bits per heavy atom. The van der Waals surface area contributed by atoms with Gasteiger partial charge < -0.3 is 9.64 Å². The molecule has 3 atom stereocenters. The first kappa shape index (κ1) is 23.4. The lowest BCUT2D eigenvalue weighted by Gasteiger charge is -2.43. The fourth-order valence-electron chi connectivity index (χ4n) is 5.81. The maximum absolute atomic E-state index is 14.2. The van der Waals surface area contributed by atoms with Gasteiger partial charge in [0.15, 0.2) is 0 Å². The predicted octanol–water partition coefficient (Wildman–Crippen LogP) is 6.82. The Balaban J connectivity index is 1.91. The molecule has 0 N–H and O–H groups in total. The Labute approximate surface area is 198 Å². The van der Waals surface area contributed by atoms with Gasteiger partial charge in [-0.1, -0.05) is 87.9 Å². The van der Waals surface area contributed by atoms with E-state index in [9.17, 15) is 4.79 Å². The summed E-state index contributed by atoms with van der Waals surface area (Å²) in [6.07, 6.45) is 1.18. The Bertz CT molecular complexity index is 1120. The van der Waals surface area contributed by atoms with E-state index in [1.54, 1.807) is 7.11 Å². The predicted molar refractivity (Wildman–Crippen MR) is 137 cm³/mol. The monoisotopic (exact) mass is 443 g/mol. The first-order chi connectivity index (χ1) is 15.7. The number of carbonyl (C=O) groups excluding carboxylic acids is 1. The molecule has 4 rings (SSSR count). The maximum Gasteiger partial charge on any atom is 0.229 e. The average Bonchev–Trinajstić information content (AvgIpc) is 2.79. The Hall–Kier alpha value is -2.81. The molecule has 3 unspecified atom stereocenters. The van der Waals surface area contributed by atoms with Crippen LogP contribution in [0.15, 0.2) is 60.7 Å². The minimum atomic E-state index is -0.649. The molecule has 0 saturated carbocycles. The van der Waals surface area contributed by atoms with Crippen LogP contribution in [0, 0.1) is 24.2 Å². The lowest BCUT2D eigenvalue weighted by Crippen LogP contribution is -2.50. The van der Waals surface area contributed by atoms with E-state index in [0.717, 1.165) is 40.7 Å². The van der Waals surface area contributed by atoms with Gasteiger partial charge in [-0.25, -0.2) is 0 Å². The molecule has 174 valence electrons. The second-order valence-electron chi connectivity index (χ2n) is 10.6. The number of amides is 1. The number of rotatable bonds is 5. The number of methoxy groups -OCH3 is 1. The van der Waals surface area contributed by atoms with Gasteiger partial charge in [-0.15, -0.1) is 0 Å². The molecule has 0 bridgehead atoms. The molecule has 0 spiro atoms. The quantitative estimate of drug-likeness (QED) is 0.433. The summed E-state index contributed by atoms with van der Waals surface area (Å²) in [5, 5.41) is 2.30. The summed E-state index contributed by atoms with van der Waals surface area (Å²) in [7, 11) is 1.72. The SMILES string of the molecule is COc1ccc2ccccc2c1C(c1ccc(C)cc1)C(C)(C)C(=O)N1CC(C)CC(C)C1. The lowest BCUT2D eigenvalue weighted by molar-refractivity contribution is -0.144. The van der Waals surface area contributed by atoms with Crippen molar-refractivity contribution in [2.45, 2.75) is 47.0 Å². The molecule has 33 heavy (non-hydrogen) atoms. The molecule has 1 saturated heterocycles. The molecule has 0 aliphatic carbocycles. The van der Waals surface area contributed by atoms with Gasteiger partial charge in [0, 0.05) is 24.6 Å². The molecular formula is C30H37NO2. The van der Waals surface area contributed by atoms with E-state index in [1.807, 2.05) is 6.07 Å². The largest absolute Gasteiger partial charge is 0.496 e. The number of nitrogens with zero attached hydrogens (tertiary/aromatic N) is 1.